The summed E-state index contributed by atoms with van der Waals surface area (Å²) in [5.74, 6) is 0.972. The number of morpholine rings is 1. The lowest BCUT2D eigenvalue weighted by Crippen LogP contribution is -2.37. The van der Waals surface area contributed by atoms with E-state index in [1.54, 1.807) is 0 Å². The Hall–Kier alpha value is -1.72. The van der Waals surface area contributed by atoms with Crippen molar-refractivity contribution in [3.8, 4) is 0 Å². The maximum atomic E-state index is 5.42. The first kappa shape index (κ1) is 17.7. The number of rotatable bonds is 5. The van der Waals surface area contributed by atoms with Gasteiger partial charge in [0, 0.05) is 43.6 Å². The maximum absolute atomic E-state index is 5.42. The van der Waals surface area contributed by atoms with Gasteiger partial charge < -0.3 is 19.9 Å². The molecule has 3 aliphatic heterocycles. The second-order valence-corrected chi connectivity index (χ2v) is 7.80. The summed E-state index contributed by atoms with van der Waals surface area (Å²) in [7, 11) is 0. The minimum Gasteiger partial charge on any atom is -0.378 e. The average Bonchev–Trinajstić information content (AvgIpc) is 3.35. The lowest BCUT2D eigenvalue weighted by molar-refractivity contribution is 0.0545. The zero-order valence-corrected chi connectivity index (χ0v) is 16.0. The highest BCUT2D eigenvalue weighted by molar-refractivity contribution is 5.62. The van der Waals surface area contributed by atoms with Crippen molar-refractivity contribution in [2.45, 2.75) is 32.2 Å². The minimum atomic E-state index is 0.747. The molecule has 1 aromatic rings. The van der Waals surface area contributed by atoms with Gasteiger partial charge in [-0.1, -0.05) is 6.58 Å². The number of nitrogens with one attached hydrogen (secondary N) is 1. The van der Waals surface area contributed by atoms with E-state index < -0.39 is 0 Å². The molecule has 1 aromatic carbocycles. The number of likely N-dealkylation sites (tertiary alicyclic amines) is 1. The molecule has 0 aromatic heterocycles. The summed E-state index contributed by atoms with van der Waals surface area (Å²) in [5.41, 5.74) is 3.79. The van der Waals surface area contributed by atoms with E-state index in [4.69, 9.17) is 4.74 Å². The second-order valence-electron chi connectivity index (χ2n) is 7.80. The Labute approximate surface area is 157 Å². The molecule has 3 saturated heterocycles. The van der Waals surface area contributed by atoms with Crippen LogP contribution in [0.5, 0.6) is 0 Å². The predicted octanol–water partition coefficient (Wildman–Crippen LogP) is 2.88. The van der Waals surface area contributed by atoms with E-state index in [2.05, 4.69) is 51.7 Å². The molecule has 4 rings (SSSR count). The van der Waals surface area contributed by atoms with Gasteiger partial charge in [-0.2, -0.15) is 0 Å². The van der Waals surface area contributed by atoms with E-state index in [1.165, 1.54) is 56.7 Å². The fourth-order valence-electron chi connectivity index (χ4n) is 4.43. The maximum Gasteiger partial charge on any atom is 0.0985 e. The molecule has 0 amide bonds. The summed E-state index contributed by atoms with van der Waals surface area (Å²) in [6, 6.07) is 7.53. The third-order valence-corrected chi connectivity index (χ3v) is 6.07. The fourth-order valence-corrected chi connectivity index (χ4v) is 4.43. The van der Waals surface area contributed by atoms with Gasteiger partial charge in [0.15, 0.2) is 0 Å². The molecule has 1 N–H and O–H groups in total. The van der Waals surface area contributed by atoms with E-state index in [9.17, 15) is 0 Å². The van der Waals surface area contributed by atoms with E-state index >= 15 is 0 Å². The van der Waals surface area contributed by atoms with Gasteiger partial charge in [0.05, 0.1) is 19.0 Å². The van der Waals surface area contributed by atoms with Gasteiger partial charge >= 0.3 is 0 Å². The average molecular weight is 357 g/mol. The van der Waals surface area contributed by atoms with Gasteiger partial charge in [-0.05, 0) is 63.0 Å². The number of hydrogen-bond acceptors (Lipinski definition) is 5. The zero-order chi connectivity index (χ0) is 17.9. The van der Waals surface area contributed by atoms with Crippen molar-refractivity contribution in [3.05, 3.63) is 36.2 Å². The number of ether oxygens (including phenoxy) is 1. The quantitative estimate of drug-likeness (QED) is 0.877. The number of aryl methyl sites for hydroxylation is 1. The normalized spacial score (nSPS) is 24.3. The standard InChI is InChI=1S/C21H32N4O/c1-17-15-19(25-10-7-20(16-25)24-8-3-4-9-24)5-6-21(17)22-18(2)23-11-13-26-14-12-23/h5-6,15,20,22H,2-4,7-14,16H2,1H3/t20-/m1/s1. The van der Waals surface area contributed by atoms with Gasteiger partial charge in [-0.25, -0.2) is 0 Å². The van der Waals surface area contributed by atoms with Crippen LogP contribution in [-0.2, 0) is 4.74 Å². The first-order chi connectivity index (χ1) is 12.7. The van der Waals surface area contributed by atoms with Gasteiger partial charge in [0.25, 0.3) is 0 Å². The molecule has 26 heavy (non-hydrogen) atoms. The van der Waals surface area contributed by atoms with E-state index in [0.29, 0.717) is 0 Å². The Kier molecular flexibility index (Phi) is 5.36. The van der Waals surface area contributed by atoms with Crippen molar-refractivity contribution in [1.29, 1.82) is 0 Å². The van der Waals surface area contributed by atoms with Crippen LogP contribution in [0, 0.1) is 6.92 Å². The fraction of sp³-hybridized carbons (Fsp3) is 0.619. The Bertz CT molecular complexity index is 635. The second kappa shape index (κ2) is 7.89. The van der Waals surface area contributed by atoms with Crippen LogP contribution in [0.4, 0.5) is 11.4 Å². The van der Waals surface area contributed by atoms with E-state index in [0.717, 1.165) is 43.9 Å². The molecule has 5 nitrogen and oxygen atoms in total. The van der Waals surface area contributed by atoms with Crippen LogP contribution in [0.2, 0.25) is 0 Å². The topological polar surface area (TPSA) is 31.0 Å². The molecule has 3 heterocycles. The lowest BCUT2D eigenvalue weighted by atomic mass is 10.1. The predicted molar refractivity (Wildman–Crippen MR) is 108 cm³/mol. The van der Waals surface area contributed by atoms with Crippen LogP contribution in [0.3, 0.4) is 0 Å². The molecule has 5 heteroatoms. The molecular weight excluding hydrogens is 324 g/mol. The Morgan fingerprint density at radius 2 is 1.88 bits per heavy atom. The van der Waals surface area contributed by atoms with Gasteiger partial charge in [0.2, 0.25) is 0 Å². The third-order valence-electron chi connectivity index (χ3n) is 6.07. The summed E-state index contributed by atoms with van der Waals surface area (Å²) >= 11 is 0. The minimum absolute atomic E-state index is 0.747. The van der Waals surface area contributed by atoms with Crippen molar-refractivity contribution in [3.63, 3.8) is 0 Å². The van der Waals surface area contributed by atoms with E-state index in [1.807, 2.05) is 0 Å². The summed E-state index contributed by atoms with van der Waals surface area (Å²) in [4.78, 5) is 7.50. The first-order valence-electron chi connectivity index (χ1n) is 10.1. The smallest absolute Gasteiger partial charge is 0.0985 e. The molecule has 0 aliphatic carbocycles. The number of nitrogens with zero attached hydrogens (tertiary/aromatic N) is 3. The van der Waals surface area contributed by atoms with Gasteiger partial charge in [-0.15, -0.1) is 0 Å². The Morgan fingerprint density at radius 3 is 2.62 bits per heavy atom. The molecule has 0 unspecified atom stereocenters. The largest absolute Gasteiger partial charge is 0.378 e. The van der Waals surface area contributed by atoms with Crippen molar-refractivity contribution in [1.82, 2.24) is 9.80 Å². The van der Waals surface area contributed by atoms with Crippen LogP contribution in [-0.4, -0.2) is 68.3 Å². The van der Waals surface area contributed by atoms with Crippen molar-refractivity contribution < 1.29 is 4.74 Å². The van der Waals surface area contributed by atoms with Crippen LogP contribution in [0.25, 0.3) is 0 Å². The lowest BCUT2D eigenvalue weighted by Gasteiger charge is -2.31. The number of anilines is 2. The van der Waals surface area contributed by atoms with Gasteiger partial charge in [0.1, 0.15) is 0 Å². The van der Waals surface area contributed by atoms with Crippen LogP contribution in [0.1, 0.15) is 24.8 Å². The summed E-state index contributed by atoms with van der Waals surface area (Å²) in [6.45, 7) is 14.7. The first-order valence-corrected chi connectivity index (χ1v) is 10.1. The highest BCUT2D eigenvalue weighted by Gasteiger charge is 2.29. The summed E-state index contributed by atoms with van der Waals surface area (Å²) < 4.78 is 5.42. The highest BCUT2D eigenvalue weighted by atomic mass is 16.5. The summed E-state index contributed by atoms with van der Waals surface area (Å²) in [5, 5.41) is 3.50. The van der Waals surface area contributed by atoms with E-state index in [-0.39, 0.29) is 0 Å². The molecule has 0 radical (unpaired) electrons. The molecule has 0 bridgehead atoms. The molecular formula is C21H32N4O. The van der Waals surface area contributed by atoms with Gasteiger partial charge in [-0.3, -0.25) is 4.90 Å². The summed E-state index contributed by atoms with van der Waals surface area (Å²) in [6.07, 6.45) is 4.05. The van der Waals surface area contributed by atoms with Crippen molar-refractivity contribution in [2.24, 2.45) is 0 Å². The molecule has 142 valence electrons. The molecule has 3 aliphatic rings. The van der Waals surface area contributed by atoms with Crippen molar-refractivity contribution in [2.75, 3.05) is 62.7 Å². The SMILES string of the molecule is C=C(Nc1ccc(N2CC[C@@H](N3CCCC3)C2)cc1C)N1CCOCC1. The van der Waals surface area contributed by atoms with Crippen LogP contribution in [0.15, 0.2) is 30.6 Å². The van der Waals surface area contributed by atoms with Crippen molar-refractivity contribution >= 4 is 11.4 Å². The molecule has 1 atom stereocenters. The Morgan fingerprint density at radius 1 is 1.12 bits per heavy atom. The third kappa shape index (κ3) is 3.84. The highest BCUT2D eigenvalue weighted by Crippen LogP contribution is 2.29. The molecule has 3 fully saturated rings. The molecule has 0 saturated carbocycles. The number of hydrogen-bond donors (Lipinski definition) is 1. The van der Waals surface area contributed by atoms with Crippen LogP contribution >= 0.6 is 0 Å². The zero-order valence-electron chi connectivity index (χ0n) is 16.0. The van der Waals surface area contributed by atoms with Crippen LogP contribution < -0.4 is 10.2 Å². The monoisotopic (exact) mass is 356 g/mol. The molecule has 0 spiro atoms. The number of benzene rings is 1. The Balaban J connectivity index is 1.37.